The molecule has 21 heavy (non-hydrogen) atoms. The van der Waals surface area contributed by atoms with E-state index in [9.17, 15) is 9.18 Å². The molecule has 0 aliphatic carbocycles. The molecule has 0 saturated carbocycles. The van der Waals surface area contributed by atoms with Crippen molar-refractivity contribution in [3.8, 4) is 11.3 Å². The van der Waals surface area contributed by atoms with Gasteiger partial charge >= 0.3 is 5.97 Å². The number of thiazole rings is 1. The maximum Gasteiger partial charge on any atom is 0.356 e. The van der Waals surface area contributed by atoms with Gasteiger partial charge in [-0.15, -0.1) is 11.3 Å². The van der Waals surface area contributed by atoms with Crippen molar-refractivity contribution >= 4 is 44.8 Å². The number of nitrogens with two attached hydrogens (primary N) is 1. The molecular formula is C13H7ClFN3O2S. The second-order valence-corrected chi connectivity index (χ2v) is 5.45. The molecule has 0 bridgehead atoms. The van der Waals surface area contributed by atoms with Gasteiger partial charge in [0.2, 0.25) is 0 Å². The SMILES string of the molecule is Nc1c(F)c(-c2ccc3scnc3c2)nc(C(=O)O)c1Cl. The Morgan fingerprint density at radius 3 is 2.90 bits per heavy atom. The first-order valence-electron chi connectivity index (χ1n) is 5.70. The highest BCUT2D eigenvalue weighted by molar-refractivity contribution is 7.16. The number of hydrogen-bond donors (Lipinski definition) is 2. The first-order valence-corrected chi connectivity index (χ1v) is 6.96. The lowest BCUT2D eigenvalue weighted by Gasteiger charge is -2.09. The molecule has 0 unspecified atom stereocenters. The number of benzene rings is 1. The van der Waals surface area contributed by atoms with Crippen molar-refractivity contribution in [1.82, 2.24) is 9.97 Å². The Kier molecular flexibility index (Phi) is 3.23. The number of rotatable bonds is 2. The van der Waals surface area contributed by atoms with Gasteiger partial charge in [0.25, 0.3) is 0 Å². The summed E-state index contributed by atoms with van der Waals surface area (Å²) in [6, 6.07) is 5.01. The predicted octanol–water partition coefficient (Wildman–Crippen LogP) is 3.43. The minimum atomic E-state index is -1.37. The Bertz CT molecular complexity index is 881. The zero-order valence-corrected chi connectivity index (χ0v) is 11.9. The smallest absolute Gasteiger partial charge is 0.356 e. The predicted molar refractivity (Wildman–Crippen MR) is 79.2 cm³/mol. The van der Waals surface area contributed by atoms with Crippen LogP contribution in [0.15, 0.2) is 23.7 Å². The van der Waals surface area contributed by atoms with Gasteiger partial charge in [-0.05, 0) is 12.1 Å². The standard InChI is InChI=1S/C13H7ClFN3O2S/c14-8-10(16)9(15)11(18-12(8)13(19)20)5-1-2-7-6(3-5)17-4-21-7/h1-4H,(H2,16,18)(H,19,20). The Morgan fingerprint density at radius 1 is 1.43 bits per heavy atom. The van der Waals surface area contributed by atoms with Gasteiger partial charge in [0.05, 0.1) is 26.4 Å². The monoisotopic (exact) mass is 323 g/mol. The molecule has 0 spiro atoms. The molecule has 3 rings (SSSR count). The second-order valence-electron chi connectivity index (χ2n) is 4.19. The average molecular weight is 324 g/mol. The van der Waals surface area contributed by atoms with Crippen molar-refractivity contribution in [2.75, 3.05) is 5.73 Å². The number of pyridine rings is 1. The van der Waals surface area contributed by atoms with E-state index < -0.39 is 28.2 Å². The molecule has 0 aliphatic heterocycles. The van der Waals surface area contributed by atoms with Crippen LogP contribution in [0.2, 0.25) is 5.02 Å². The van der Waals surface area contributed by atoms with Crippen LogP contribution in [0.3, 0.4) is 0 Å². The van der Waals surface area contributed by atoms with Crippen LogP contribution >= 0.6 is 22.9 Å². The molecule has 0 amide bonds. The third-order valence-electron chi connectivity index (χ3n) is 2.92. The number of carbonyl (C=O) groups is 1. The van der Waals surface area contributed by atoms with Crippen molar-refractivity contribution in [2.45, 2.75) is 0 Å². The molecule has 8 heteroatoms. The summed E-state index contributed by atoms with van der Waals surface area (Å²) in [6.45, 7) is 0. The number of carboxylic acid groups (broad SMARTS) is 1. The van der Waals surface area contributed by atoms with E-state index in [1.165, 1.54) is 11.3 Å². The molecule has 0 aliphatic rings. The van der Waals surface area contributed by atoms with E-state index in [0.717, 1.165) is 4.70 Å². The van der Waals surface area contributed by atoms with Crippen LogP contribution in [0.25, 0.3) is 21.5 Å². The summed E-state index contributed by atoms with van der Waals surface area (Å²) in [5.41, 5.74) is 7.17. The first-order chi connectivity index (χ1) is 9.99. The number of nitrogens with zero attached hydrogens (tertiary/aromatic N) is 2. The van der Waals surface area contributed by atoms with Gasteiger partial charge < -0.3 is 10.8 Å². The van der Waals surface area contributed by atoms with Gasteiger partial charge in [-0.3, -0.25) is 0 Å². The fraction of sp³-hybridized carbons (Fsp3) is 0. The molecule has 5 nitrogen and oxygen atoms in total. The van der Waals surface area contributed by atoms with E-state index in [2.05, 4.69) is 9.97 Å². The van der Waals surface area contributed by atoms with Crippen molar-refractivity contribution < 1.29 is 14.3 Å². The van der Waals surface area contributed by atoms with Crippen LogP contribution in [0.5, 0.6) is 0 Å². The highest BCUT2D eigenvalue weighted by atomic mass is 35.5. The Labute approximate surface area is 126 Å². The molecule has 3 N–H and O–H groups in total. The largest absolute Gasteiger partial charge is 0.476 e. The van der Waals surface area contributed by atoms with E-state index in [-0.39, 0.29) is 5.69 Å². The van der Waals surface area contributed by atoms with Crippen molar-refractivity contribution in [2.24, 2.45) is 0 Å². The van der Waals surface area contributed by atoms with E-state index >= 15 is 0 Å². The lowest BCUT2D eigenvalue weighted by atomic mass is 10.1. The molecule has 1 aromatic carbocycles. The highest BCUT2D eigenvalue weighted by Crippen LogP contribution is 2.33. The van der Waals surface area contributed by atoms with Crippen molar-refractivity contribution in [3.05, 3.63) is 40.2 Å². The summed E-state index contributed by atoms with van der Waals surface area (Å²) in [4.78, 5) is 19.0. The molecular weight excluding hydrogens is 317 g/mol. The average Bonchev–Trinajstić information content (AvgIpc) is 2.92. The van der Waals surface area contributed by atoms with E-state index in [1.807, 2.05) is 0 Å². The summed E-state index contributed by atoms with van der Waals surface area (Å²) < 4.78 is 15.2. The van der Waals surface area contributed by atoms with Crippen LogP contribution in [-0.4, -0.2) is 21.0 Å². The molecule has 3 aromatic rings. The number of anilines is 1. The second kappa shape index (κ2) is 4.94. The third-order valence-corrected chi connectivity index (χ3v) is 4.11. The third kappa shape index (κ3) is 2.20. The fourth-order valence-corrected chi connectivity index (χ4v) is 2.76. The van der Waals surface area contributed by atoms with Gasteiger partial charge in [0, 0.05) is 5.56 Å². The summed E-state index contributed by atoms with van der Waals surface area (Å²) in [5.74, 6) is -2.22. The van der Waals surface area contributed by atoms with E-state index in [0.29, 0.717) is 11.1 Å². The first kappa shape index (κ1) is 13.7. The number of nitrogen functional groups attached to an aromatic ring is 1. The van der Waals surface area contributed by atoms with Gasteiger partial charge in [0.1, 0.15) is 5.69 Å². The highest BCUT2D eigenvalue weighted by Gasteiger charge is 2.22. The number of aromatic nitrogens is 2. The maximum atomic E-state index is 14.2. The molecule has 106 valence electrons. The van der Waals surface area contributed by atoms with E-state index in [1.54, 1.807) is 23.7 Å². The molecule has 0 atom stereocenters. The molecule has 0 fully saturated rings. The normalized spacial score (nSPS) is 11.0. The summed E-state index contributed by atoms with van der Waals surface area (Å²) >= 11 is 7.16. The lowest BCUT2D eigenvalue weighted by Crippen LogP contribution is -2.08. The Morgan fingerprint density at radius 2 is 2.19 bits per heavy atom. The number of fused-ring (bicyclic) bond motifs is 1. The van der Waals surface area contributed by atoms with Gasteiger partial charge in [-0.2, -0.15) is 0 Å². The number of carboxylic acids is 1. The quantitative estimate of drug-likeness (QED) is 0.754. The lowest BCUT2D eigenvalue weighted by molar-refractivity contribution is 0.0691. The van der Waals surface area contributed by atoms with Crippen LogP contribution < -0.4 is 5.73 Å². The summed E-state index contributed by atoms with van der Waals surface area (Å²) in [7, 11) is 0. The van der Waals surface area contributed by atoms with Crippen LogP contribution in [-0.2, 0) is 0 Å². The van der Waals surface area contributed by atoms with Crippen LogP contribution in [0, 0.1) is 5.82 Å². The summed E-state index contributed by atoms with van der Waals surface area (Å²) in [5, 5.41) is 8.65. The topological polar surface area (TPSA) is 89.1 Å². The number of aromatic carboxylic acids is 1. The van der Waals surface area contributed by atoms with Gasteiger partial charge in [-0.1, -0.05) is 17.7 Å². The van der Waals surface area contributed by atoms with Crippen LogP contribution in [0.1, 0.15) is 10.5 Å². The molecule has 2 heterocycles. The zero-order chi connectivity index (χ0) is 15.1. The fourth-order valence-electron chi connectivity index (χ4n) is 1.90. The van der Waals surface area contributed by atoms with Crippen molar-refractivity contribution in [1.29, 1.82) is 0 Å². The van der Waals surface area contributed by atoms with Crippen molar-refractivity contribution in [3.63, 3.8) is 0 Å². The minimum Gasteiger partial charge on any atom is -0.476 e. The number of hydrogen-bond acceptors (Lipinski definition) is 5. The molecule has 0 saturated heterocycles. The minimum absolute atomic E-state index is 0.163. The molecule has 0 radical (unpaired) electrons. The van der Waals surface area contributed by atoms with Gasteiger partial charge in [-0.25, -0.2) is 19.2 Å². The summed E-state index contributed by atoms with van der Waals surface area (Å²) in [6.07, 6.45) is 0. The van der Waals surface area contributed by atoms with Crippen LogP contribution in [0.4, 0.5) is 10.1 Å². The number of halogens is 2. The maximum absolute atomic E-state index is 14.2. The van der Waals surface area contributed by atoms with Gasteiger partial charge in [0.15, 0.2) is 11.5 Å². The zero-order valence-electron chi connectivity index (χ0n) is 10.3. The Hall–Kier alpha value is -2.25. The van der Waals surface area contributed by atoms with E-state index in [4.69, 9.17) is 22.4 Å². The Balaban J connectivity index is 2.28. The molecule has 2 aromatic heterocycles.